The molecule has 1 fully saturated rings. The molecule has 1 aliphatic heterocycles. The molecule has 5 heteroatoms. The summed E-state index contributed by atoms with van der Waals surface area (Å²) in [6.45, 7) is 2.12. The van der Waals surface area contributed by atoms with Crippen molar-refractivity contribution in [1.29, 1.82) is 0 Å². The van der Waals surface area contributed by atoms with Gasteiger partial charge in [0.1, 0.15) is 5.82 Å². The van der Waals surface area contributed by atoms with Crippen LogP contribution in [0.5, 0.6) is 0 Å². The van der Waals surface area contributed by atoms with Crippen LogP contribution in [0.4, 0.5) is 11.8 Å². The van der Waals surface area contributed by atoms with Crippen LogP contribution in [0.15, 0.2) is 30.6 Å². The Hall–Kier alpha value is -2.17. The zero-order valence-corrected chi connectivity index (χ0v) is 10.1. The second-order valence-corrected chi connectivity index (χ2v) is 4.37. The third-order valence-corrected chi connectivity index (χ3v) is 3.14. The van der Waals surface area contributed by atoms with Crippen LogP contribution in [-0.2, 0) is 0 Å². The van der Waals surface area contributed by atoms with Crippen LogP contribution >= 0.6 is 0 Å². The maximum absolute atomic E-state index is 5.64. The minimum Gasteiger partial charge on any atom is -0.368 e. The standard InChI is InChI=1S/C13H15N5/c14-13-16-7-5-11(17-13)10-4-3-6-15-12(10)18-8-1-2-9-18/h3-7H,1-2,8-9H2,(H2,14,16,17). The molecule has 0 atom stereocenters. The molecule has 1 aliphatic rings. The molecule has 3 rings (SSSR count). The van der Waals surface area contributed by atoms with E-state index in [2.05, 4.69) is 19.9 Å². The molecule has 2 aromatic heterocycles. The SMILES string of the molecule is Nc1nccc(-c2cccnc2N2CCCC2)n1. The van der Waals surface area contributed by atoms with Crippen LogP contribution in [0.3, 0.4) is 0 Å². The molecule has 18 heavy (non-hydrogen) atoms. The molecule has 0 aromatic carbocycles. The maximum Gasteiger partial charge on any atom is 0.220 e. The van der Waals surface area contributed by atoms with Gasteiger partial charge in [0.25, 0.3) is 0 Å². The number of rotatable bonds is 2. The lowest BCUT2D eigenvalue weighted by Crippen LogP contribution is -2.19. The fourth-order valence-electron chi connectivity index (χ4n) is 2.30. The van der Waals surface area contributed by atoms with Crippen molar-refractivity contribution in [3.8, 4) is 11.3 Å². The fraction of sp³-hybridized carbons (Fsp3) is 0.308. The van der Waals surface area contributed by atoms with Crippen molar-refractivity contribution in [2.24, 2.45) is 0 Å². The summed E-state index contributed by atoms with van der Waals surface area (Å²) in [5, 5.41) is 0. The molecule has 5 nitrogen and oxygen atoms in total. The average Bonchev–Trinajstić information content (AvgIpc) is 2.92. The Kier molecular flexibility index (Phi) is 2.80. The Morgan fingerprint density at radius 1 is 1.06 bits per heavy atom. The van der Waals surface area contributed by atoms with Crippen LogP contribution in [0.25, 0.3) is 11.3 Å². The van der Waals surface area contributed by atoms with Crippen molar-refractivity contribution in [2.75, 3.05) is 23.7 Å². The smallest absolute Gasteiger partial charge is 0.220 e. The van der Waals surface area contributed by atoms with Crippen molar-refractivity contribution in [2.45, 2.75) is 12.8 Å². The van der Waals surface area contributed by atoms with Crippen molar-refractivity contribution >= 4 is 11.8 Å². The molecule has 0 amide bonds. The number of aromatic nitrogens is 3. The monoisotopic (exact) mass is 241 g/mol. The van der Waals surface area contributed by atoms with E-state index in [-0.39, 0.29) is 0 Å². The lowest BCUT2D eigenvalue weighted by molar-refractivity contribution is 0.938. The minimum atomic E-state index is 0.295. The van der Waals surface area contributed by atoms with Crippen LogP contribution in [0.1, 0.15) is 12.8 Å². The first-order valence-corrected chi connectivity index (χ1v) is 6.13. The van der Waals surface area contributed by atoms with Crippen LogP contribution in [-0.4, -0.2) is 28.0 Å². The summed E-state index contributed by atoms with van der Waals surface area (Å²) in [7, 11) is 0. The van der Waals surface area contributed by atoms with Gasteiger partial charge in [-0.2, -0.15) is 0 Å². The second-order valence-electron chi connectivity index (χ2n) is 4.37. The number of pyridine rings is 1. The van der Waals surface area contributed by atoms with E-state index >= 15 is 0 Å². The summed E-state index contributed by atoms with van der Waals surface area (Å²) in [5.74, 6) is 1.29. The molecule has 2 N–H and O–H groups in total. The fourth-order valence-corrected chi connectivity index (χ4v) is 2.30. The number of anilines is 2. The van der Waals surface area contributed by atoms with Gasteiger partial charge in [0.15, 0.2) is 0 Å². The number of hydrogen-bond donors (Lipinski definition) is 1. The summed E-state index contributed by atoms with van der Waals surface area (Å²) in [5.41, 5.74) is 7.50. The third-order valence-electron chi connectivity index (χ3n) is 3.14. The summed E-state index contributed by atoms with van der Waals surface area (Å²) in [6.07, 6.45) is 5.95. The molecular formula is C13H15N5. The van der Waals surface area contributed by atoms with E-state index in [9.17, 15) is 0 Å². The first-order chi connectivity index (χ1) is 8.84. The van der Waals surface area contributed by atoms with Gasteiger partial charge < -0.3 is 10.6 Å². The van der Waals surface area contributed by atoms with Crippen molar-refractivity contribution < 1.29 is 0 Å². The quantitative estimate of drug-likeness (QED) is 0.867. The van der Waals surface area contributed by atoms with Crippen molar-refractivity contribution in [1.82, 2.24) is 15.0 Å². The second kappa shape index (κ2) is 4.60. The zero-order valence-electron chi connectivity index (χ0n) is 10.1. The number of hydrogen-bond acceptors (Lipinski definition) is 5. The van der Waals surface area contributed by atoms with Crippen LogP contribution < -0.4 is 10.6 Å². The highest BCUT2D eigenvalue weighted by Crippen LogP contribution is 2.29. The van der Waals surface area contributed by atoms with Gasteiger partial charge in [0.05, 0.1) is 5.69 Å². The van der Waals surface area contributed by atoms with Crippen LogP contribution in [0, 0.1) is 0 Å². The molecule has 0 saturated carbocycles. The Labute approximate surface area is 106 Å². The number of nitrogens with two attached hydrogens (primary N) is 1. The molecule has 0 spiro atoms. The molecule has 0 unspecified atom stereocenters. The third kappa shape index (κ3) is 1.99. The van der Waals surface area contributed by atoms with E-state index < -0.39 is 0 Å². The van der Waals surface area contributed by atoms with Crippen LogP contribution in [0.2, 0.25) is 0 Å². The Morgan fingerprint density at radius 2 is 1.89 bits per heavy atom. The van der Waals surface area contributed by atoms with E-state index in [0.717, 1.165) is 30.2 Å². The van der Waals surface area contributed by atoms with Crippen molar-refractivity contribution in [3.63, 3.8) is 0 Å². The molecular weight excluding hydrogens is 226 g/mol. The molecule has 3 heterocycles. The topological polar surface area (TPSA) is 67.9 Å². The molecule has 92 valence electrons. The average molecular weight is 241 g/mol. The highest BCUT2D eigenvalue weighted by atomic mass is 15.2. The number of nitrogen functional groups attached to an aromatic ring is 1. The zero-order chi connectivity index (χ0) is 12.4. The van der Waals surface area contributed by atoms with Gasteiger partial charge in [-0.1, -0.05) is 0 Å². The highest BCUT2D eigenvalue weighted by Gasteiger charge is 2.18. The maximum atomic E-state index is 5.64. The Bertz CT molecular complexity index is 549. The lowest BCUT2D eigenvalue weighted by Gasteiger charge is -2.19. The van der Waals surface area contributed by atoms with E-state index in [1.54, 1.807) is 6.20 Å². The van der Waals surface area contributed by atoms with E-state index in [0.29, 0.717) is 5.95 Å². The predicted octanol–water partition coefficient (Wildman–Crippen LogP) is 1.72. The summed E-state index contributed by atoms with van der Waals surface area (Å²) < 4.78 is 0. The minimum absolute atomic E-state index is 0.295. The van der Waals surface area contributed by atoms with Gasteiger partial charge in [-0.05, 0) is 31.0 Å². The summed E-state index contributed by atoms with van der Waals surface area (Å²) >= 11 is 0. The van der Waals surface area contributed by atoms with Gasteiger partial charge in [-0.25, -0.2) is 15.0 Å². The van der Waals surface area contributed by atoms with E-state index in [4.69, 9.17) is 5.73 Å². The summed E-state index contributed by atoms with van der Waals surface area (Å²) in [4.78, 5) is 15.0. The lowest BCUT2D eigenvalue weighted by atomic mass is 10.1. The highest BCUT2D eigenvalue weighted by molar-refractivity contribution is 5.73. The Balaban J connectivity index is 2.06. The van der Waals surface area contributed by atoms with Gasteiger partial charge in [-0.3, -0.25) is 0 Å². The van der Waals surface area contributed by atoms with E-state index in [1.165, 1.54) is 12.8 Å². The van der Waals surface area contributed by atoms with Gasteiger partial charge in [0, 0.05) is 31.0 Å². The van der Waals surface area contributed by atoms with Gasteiger partial charge in [0.2, 0.25) is 5.95 Å². The van der Waals surface area contributed by atoms with E-state index in [1.807, 2.05) is 24.4 Å². The van der Waals surface area contributed by atoms with Gasteiger partial charge >= 0.3 is 0 Å². The first kappa shape index (κ1) is 11.0. The normalized spacial score (nSPS) is 15.0. The van der Waals surface area contributed by atoms with Crippen molar-refractivity contribution in [3.05, 3.63) is 30.6 Å². The molecule has 0 bridgehead atoms. The predicted molar refractivity (Wildman–Crippen MR) is 71.1 cm³/mol. The Morgan fingerprint density at radius 3 is 2.67 bits per heavy atom. The molecule has 2 aromatic rings. The summed E-state index contributed by atoms with van der Waals surface area (Å²) in [6, 6.07) is 5.82. The first-order valence-electron chi connectivity index (χ1n) is 6.13. The molecule has 1 saturated heterocycles. The largest absolute Gasteiger partial charge is 0.368 e. The number of nitrogens with zero attached hydrogens (tertiary/aromatic N) is 4. The molecule has 0 radical (unpaired) electrons. The molecule has 0 aliphatic carbocycles. The van der Waals surface area contributed by atoms with Gasteiger partial charge in [-0.15, -0.1) is 0 Å².